The van der Waals surface area contributed by atoms with Crippen LogP contribution in [0.3, 0.4) is 0 Å². The Morgan fingerprint density at radius 3 is 2.23 bits per heavy atom. The van der Waals surface area contributed by atoms with Crippen LogP contribution in [0.2, 0.25) is 0 Å². The molecule has 0 aromatic carbocycles. The molecule has 0 aromatic rings. The fourth-order valence-corrected chi connectivity index (χ4v) is 1.33. The largest absolute Gasteiger partial charge is 0.460 e. The highest BCUT2D eigenvalue weighted by molar-refractivity contribution is 5.81. The Hall–Kier alpha value is -0.930. The van der Waals surface area contributed by atoms with E-state index in [1.807, 2.05) is 13.7 Å². The molecule has 1 aliphatic heterocycles. The van der Waals surface area contributed by atoms with Gasteiger partial charge >= 0.3 is 5.97 Å². The predicted octanol–water partition coefficient (Wildman–Crippen LogP) is 1.50. The molecular formula is C9H15FO3. The maximum absolute atomic E-state index is 13.4. The van der Waals surface area contributed by atoms with Gasteiger partial charge in [-0.2, -0.15) is 0 Å². The molecule has 0 unspecified atom stereocenters. The molecule has 0 amide bonds. The third-order valence-electron chi connectivity index (χ3n) is 2.47. The van der Waals surface area contributed by atoms with Crippen molar-refractivity contribution < 1.29 is 18.7 Å². The van der Waals surface area contributed by atoms with Gasteiger partial charge in [0.1, 0.15) is 12.9 Å². The van der Waals surface area contributed by atoms with E-state index in [1.165, 1.54) is 6.92 Å². The van der Waals surface area contributed by atoms with Crippen LogP contribution in [-0.2, 0) is 14.3 Å². The summed E-state index contributed by atoms with van der Waals surface area (Å²) in [5.74, 6) is -1.03. The van der Waals surface area contributed by atoms with Gasteiger partial charge in [0.05, 0.1) is 0 Å². The monoisotopic (exact) mass is 190 g/mol. The van der Waals surface area contributed by atoms with E-state index >= 15 is 0 Å². The molecule has 0 saturated carbocycles. The van der Waals surface area contributed by atoms with Crippen LogP contribution < -0.4 is 0 Å². The second kappa shape index (κ2) is 4.35. The molecule has 0 aliphatic carbocycles. The molecule has 0 aromatic heterocycles. The van der Waals surface area contributed by atoms with Crippen LogP contribution in [-0.4, -0.2) is 24.5 Å². The molecule has 4 heteroatoms. The minimum Gasteiger partial charge on any atom is -0.460 e. The minimum absolute atomic E-state index is 0.238. The number of halogens is 1. The van der Waals surface area contributed by atoms with Gasteiger partial charge in [0.2, 0.25) is 5.67 Å². The second-order valence-corrected chi connectivity index (χ2v) is 3.22. The van der Waals surface area contributed by atoms with E-state index in [9.17, 15) is 9.18 Å². The number of hydrogen-bond donors (Lipinski definition) is 0. The Kier molecular flexibility index (Phi) is 4.04. The van der Waals surface area contributed by atoms with Gasteiger partial charge in [0, 0.05) is 5.92 Å². The molecule has 1 saturated heterocycles. The van der Waals surface area contributed by atoms with Gasteiger partial charge in [-0.3, -0.25) is 0 Å². The summed E-state index contributed by atoms with van der Waals surface area (Å²) in [6, 6.07) is 0. The number of cyclic esters (lactones) is 1. The fraction of sp³-hybridized carbons (Fsp3) is 0.778. The second-order valence-electron chi connectivity index (χ2n) is 3.22. The van der Waals surface area contributed by atoms with Crippen LogP contribution in [0.5, 0.6) is 0 Å². The number of hydrogen-bond acceptors (Lipinski definition) is 3. The predicted molar refractivity (Wildman–Crippen MR) is 46.0 cm³/mol. The topological polar surface area (TPSA) is 43.4 Å². The van der Waals surface area contributed by atoms with Crippen molar-refractivity contribution in [2.75, 3.05) is 0 Å². The number of ether oxygens (including phenoxy) is 1. The van der Waals surface area contributed by atoms with Gasteiger partial charge < -0.3 is 9.53 Å². The van der Waals surface area contributed by atoms with Gasteiger partial charge in [0.25, 0.3) is 0 Å². The summed E-state index contributed by atoms with van der Waals surface area (Å²) in [6.07, 6.45) is 0.448. The van der Waals surface area contributed by atoms with E-state index < -0.39 is 11.6 Å². The first-order valence-electron chi connectivity index (χ1n) is 4.19. The lowest BCUT2D eigenvalue weighted by molar-refractivity contribution is -0.149. The molecule has 0 N–H and O–H groups in total. The quantitative estimate of drug-likeness (QED) is 0.588. The molecule has 76 valence electrons. The summed E-state index contributed by atoms with van der Waals surface area (Å²) in [7, 11) is 0. The van der Waals surface area contributed by atoms with Gasteiger partial charge in [-0.15, -0.1) is 0 Å². The summed E-state index contributed by atoms with van der Waals surface area (Å²) in [4.78, 5) is 18.9. The lowest BCUT2D eigenvalue weighted by Crippen LogP contribution is -2.31. The van der Waals surface area contributed by atoms with Crippen molar-refractivity contribution in [1.29, 1.82) is 0 Å². The van der Waals surface area contributed by atoms with Crippen molar-refractivity contribution in [3.8, 4) is 0 Å². The summed E-state index contributed by atoms with van der Waals surface area (Å²) in [6.45, 7) is 6.88. The normalized spacial score (nSPS) is 37.7. The lowest BCUT2D eigenvalue weighted by atomic mass is 9.90. The molecule has 3 nitrogen and oxygen atoms in total. The highest BCUT2D eigenvalue weighted by Crippen LogP contribution is 2.36. The van der Waals surface area contributed by atoms with E-state index in [1.54, 1.807) is 6.92 Å². The van der Waals surface area contributed by atoms with Gasteiger partial charge in [0.15, 0.2) is 0 Å². The number of carbonyl (C=O) groups excluding carboxylic acids is 2. The highest BCUT2D eigenvalue weighted by atomic mass is 19.1. The Balaban J connectivity index is 0.000000671. The lowest BCUT2D eigenvalue weighted by Gasteiger charge is -2.15. The van der Waals surface area contributed by atoms with Crippen molar-refractivity contribution in [1.82, 2.24) is 0 Å². The van der Waals surface area contributed by atoms with Crippen molar-refractivity contribution >= 4 is 12.8 Å². The first kappa shape index (κ1) is 12.1. The summed E-state index contributed by atoms with van der Waals surface area (Å²) < 4.78 is 18.2. The van der Waals surface area contributed by atoms with Crippen LogP contribution in [0.1, 0.15) is 27.2 Å². The zero-order chi connectivity index (χ0) is 10.6. The Bertz CT molecular complexity index is 191. The average Bonchev–Trinajstić information content (AvgIpc) is 2.32. The standard InChI is InChI=1S/C8H13FO2.CH2O/c1-4-6-5(2)8(3,9)7(10)11-6;1-2/h5-6H,4H2,1-3H3;1H2/t5-,6-,8-;/m1./s1. The number of rotatable bonds is 1. The van der Waals surface area contributed by atoms with E-state index in [0.717, 1.165) is 0 Å². The van der Waals surface area contributed by atoms with E-state index in [2.05, 4.69) is 0 Å². The zero-order valence-corrected chi connectivity index (χ0v) is 8.17. The molecule has 0 bridgehead atoms. The first-order chi connectivity index (χ1) is 6.00. The van der Waals surface area contributed by atoms with Crippen LogP contribution in [0.15, 0.2) is 0 Å². The summed E-state index contributed by atoms with van der Waals surface area (Å²) in [5.41, 5.74) is -1.78. The van der Waals surface area contributed by atoms with Crippen LogP contribution >= 0.6 is 0 Å². The van der Waals surface area contributed by atoms with E-state index in [0.29, 0.717) is 6.42 Å². The fourth-order valence-electron chi connectivity index (χ4n) is 1.33. The number of esters is 1. The Morgan fingerprint density at radius 1 is 1.62 bits per heavy atom. The van der Waals surface area contributed by atoms with E-state index in [-0.39, 0.29) is 12.0 Å². The average molecular weight is 190 g/mol. The Labute approximate surface area is 77.3 Å². The Morgan fingerprint density at radius 2 is 2.08 bits per heavy atom. The van der Waals surface area contributed by atoms with Gasteiger partial charge in [-0.25, -0.2) is 9.18 Å². The van der Waals surface area contributed by atoms with Crippen molar-refractivity contribution in [2.45, 2.75) is 39.0 Å². The molecule has 3 atom stereocenters. The number of carbonyl (C=O) groups is 2. The summed E-state index contributed by atoms with van der Waals surface area (Å²) in [5, 5.41) is 0. The minimum atomic E-state index is -1.78. The molecule has 13 heavy (non-hydrogen) atoms. The van der Waals surface area contributed by atoms with Gasteiger partial charge in [-0.05, 0) is 13.3 Å². The molecule has 1 rings (SSSR count). The molecule has 1 aliphatic rings. The van der Waals surface area contributed by atoms with Crippen LogP contribution in [0.4, 0.5) is 4.39 Å². The smallest absolute Gasteiger partial charge is 0.344 e. The highest BCUT2D eigenvalue weighted by Gasteiger charge is 2.51. The third kappa shape index (κ3) is 2.05. The SMILES string of the molecule is C=O.CC[C@H]1OC(=O)[C@](C)(F)[C@@H]1C. The molecule has 0 spiro atoms. The van der Waals surface area contributed by atoms with Crippen molar-refractivity contribution in [3.05, 3.63) is 0 Å². The molecule has 0 radical (unpaired) electrons. The number of alkyl halides is 1. The summed E-state index contributed by atoms with van der Waals surface area (Å²) >= 11 is 0. The van der Waals surface area contributed by atoms with Crippen molar-refractivity contribution in [2.24, 2.45) is 5.92 Å². The molecular weight excluding hydrogens is 175 g/mol. The van der Waals surface area contributed by atoms with Crippen LogP contribution in [0, 0.1) is 5.92 Å². The maximum Gasteiger partial charge on any atom is 0.344 e. The van der Waals surface area contributed by atoms with E-state index in [4.69, 9.17) is 9.53 Å². The molecule has 1 fully saturated rings. The van der Waals surface area contributed by atoms with Crippen LogP contribution in [0.25, 0.3) is 0 Å². The first-order valence-corrected chi connectivity index (χ1v) is 4.19. The zero-order valence-electron chi connectivity index (χ0n) is 8.17. The maximum atomic E-state index is 13.4. The van der Waals surface area contributed by atoms with Crippen molar-refractivity contribution in [3.63, 3.8) is 0 Å². The third-order valence-corrected chi connectivity index (χ3v) is 2.47. The van der Waals surface area contributed by atoms with Gasteiger partial charge in [-0.1, -0.05) is 13.8 Å². The molecule has 1 heterocycles.